The maximum Gasteiger partial charge on any atom is 0.182 e. The first kappa shape index (κ1) is 33.1. The Kier molecular flexibility index (Phi) is 10.7. The van der Waals surface area contributed by atoms with Crippen LogP contribution in [0.25, 0.3) is 17.7 Å². The molecule has 0 saturated carbocycles. The van der Waals surface area contributed by atoms with Crippen molar-refractivity contribution >= 4 is 24.1 Å². The van der Waals surface area contributed by atoms with Gasteiger partial charge in [-0.25, -0.2) is 0 Å². The van der Waals surface area contributed by atoms with E-state index in [2.05, 4.69) is 106 Å². The molecule has 2 heterocycles. The molecule has 0 spiro atoms. The van der Waals surface area contributed by atoms with Gasteiger partial charge in [0.2, 0.25) is 0 Å². The summed E-state index contributed by atoms with van der Waals surface area (Å²) in [7, 11) is 1.94. The minimum Gasteiger partial charge on any atom is -0.474 e. The van der Waals surface area contributed by atoms with E-state index in [-0.39, 0.29) is 17.7 Å². The Morgan fingerprint density at radius 2 is 1.82 bits per heavy atom. The van der Waals surface area contributed by atoms with Crippen molar-refractivity contribution in [1.29, 1.82) is 5.41 Å². The normalized spacial score (nSPS) is 19.1. The summed E-state index contributed by atoms with van der Waals surface area (Å²) in [6, 6.07) is 10.9. The summed E-state index contributed by atoms with van der Waals surface area (Å²) in [5, 5.41) is 11.8. The van der Waals surface area contributed by atoms with Crippen LogP contribution in [0, 0.1) is 5.41 Å². The monoisotopic (exact) mass is 596 g/mol. The van der Waals surface area contributed by atoms with Crippen LogP contribution in [0.4, 0.5) is 0 Å². The third kappa shape index (κ3) is 7.44. The minimum absolute atomic E-state index is 0.0180. The number of nitrogens with one attached hydrogen (secondary N) is 2. The largest absolute Gasteiger partial charge is 0.474 e. The van der Waals surface area contributed by atoms with Crippen LogP contribution >= 0.6 is 0 Å². The topological polar surface area (TPSA) is 67.7 Å². The Labute approximate surface area is 265 Å². The average molecular weight is 597 g/mol. The first-order chi connectivity index (χ1) is 21.0. The number of ether oxygens (including phenoxy) is 1. The molecule has 3 aliphatic rings. The molecular weight excluding hydrogens is 544 g/mol. The van der Waals surface area contributed by atoms with E-state index in [1.165, 1.54) is 29.5 Å². The third-order valence-electron chi connectivity index (χ3n) is 8.00. The SMILES string of the molecule is C=C(CCC)NC1C2=Cc3cccnc3[C@@H](N3CCN(C(=C)OC(C)(C)C)CC3)c3ccc(cc32)C=C1N(C)C=N.CCC. The van der Waals surface area contributed by atoms with Crippen molar-refractivity contribution < 1.29 is 4.74 Å². The number of benzene rings is 1. The van der Waals surface area contributed by atoms with E-state index in [9.17, 15) is 0 Å². The summed E-state index contributed by atoms with van der Waals surface area (Å²) in [5.74, 6) is 0.742. The molecule has 1 aromatic carbocycles. The first-order valence-corrected chi connectivity index (χ1v) is 16.1. The van der Waals surface area contributed by atoms with Crippen molar-refractivity contribution in [1.82, 2.24) is 25.0 Å². The zero-order valence-electron chi connectivity index (χ0n) is 27.9. The van der Waals surface area contributed by atoms with Gasteiger partial charge in [0, 0.05) is 50.8 Å². The molecule has 0 radical (unpaired) electrons. The number of fused-ring (bicyclic) bond motifs is 2. The minimum atomic E-state index is -0.269. The van der Waals surface area contributed by atoms with E-state index in [0.717, 1.165) is 73.1 Å². The van der Waals surface area contributed by atoms with Crippen LogP contribution in [0.1, 0.15) is 94.8 Å². The Balaban J connectivity index is 0.00000141. The van der Waals surface area contributed by atoms with Crippen LogP contribution in [-0.4, -0.2) is 70.9 Å². The zero-order chi connectivity index (χ0) is 32.0. The highest BCUT2D eigenvalue weighted by Crippen LogP contribution is 2.44. The molecule has 2 bridgehead atoms. The zero-order valence-corrected chi connectivity index (χ0v) is 27.9. The smallest absolute Gasteiger partial charge is 0.182 e. The van der Waals surface area contributed by atoms with Crippen LogP contribution in [0.5, 0.6) is 0 Å². The summed E-state index contributed by atoms with van der Waals surface area (Å²) < 4.78 is 6.09. The lowest BCUT2D eigenvalue weighted by Crippen LogP contribution is -2.48. The lowest BCUT2D eigenvalue weighted by molar-refractivity contribution is -0.0125. The van der Waals surface area contributed by atoms with E-state index in [4.69, 9.17) is 15.1 Å². The van der Waals surface area contributed by atoms with Crippen molar-refractivity contribution in [2.24, 2.45) is 0 Å². The summed E-state index contributed by atoms with van der Waals surface area (Å²) in [6.07, 6.45) is 10.9. The fourth-order valence-electron chi connectivity index (χ4n) is 6.10. The van der Waals surface area contributed by atoms with Gasteiger partial charge in [-0.15, -0.1) is 0 Å². The molecule has 1 aliphatic heterocycles. The average Bonchev–Trinajstić information content (AvgIpc) is 3.19. The van der Waals surface area contributed by atoms with Gasteiger partial charge < -0.3 is 19.9 Å². The van der Waals surface area contributed by atoms with Crippen molar-refractivity contribution in [3.05, 3.63) is 94.9 Å². The second kappa shape index (κ2) is 14.3. The highest BCUT2D eigenvalue weighted by Gasteiger charge is 2.36. The molecule has 2 N–H and O–H groups in total. The van der Waals surface area contributed by atoms with Crippen molar-refractivity contribution in [2.75, 3.05) is 33.2 Å². The van der Waals surface area contributed by atoms with Crippen LogP contribution in [-0.2, 0) is 4.74 Å². The third-order valence-corrected chi connectivity index (χ3v) is 8.00. The molecule has 2 atom stereocenters. The molecule has 44 heavy (non-hydrogen) atoms. The van der Waals surface area contributed by atoms with Gasteiger partial charge in [-0.1, -0.05) is 58.4 Å². The number of hydrogen-bond donors (Lipinski definition) is 2. The molecule has 236 valence electrons. The van der Waals surface area contributed by atoms with Gasteiger partial charge >= 0.3 is 0 Å². The van der Waals surface area contributed by atoms with E-state index < -0.39 is 0 Å². The Morgan fingerprint density at radius 3 is 2.45 bits per heavy atom. The molecule has 1 saturated heterocycles. The van der Waals surface area contributed by atoms with E-state index in [0.29, 0.717) is 0 Å². The molecule has 2 aromatic rings. The van der Waals surface area contributed by atoms with Gasteiger partial charge in [0.1, 0.15) is 5.60 Å². The van der Waals surface area contributed by atoms with Gasteiger partial charge in [-0.2, -0.15) is 0 Å². The fourth-order valence-corrected chi connectivity index (χ4v) is 6.10. The van der Waals surface area contributed by atoms with E-state index >= 15 is 0 Å². The maximum atomic E-state index is 8.06. The number of rotatable bonds is 9. The van der Waals surface area contributed by atoms with Gasteiger partial charge in [0.25, 0.3) is 0 Å². The second-order valence-electron chi connectivity index (χ2n) is 12.9. The highest BCUT2D eigenvalue weighted by molar-refractivity contribution is 5.93. The van der Waals surface area contributed by atoms with Crippen LogP contribution in [0.3, 0.4) is 0 Å². The Morgan fingerprint density at radius 1 is 1.11 bits per heavy atom. The van der Waals surface area contributed by atoms with Gasteiger partial charge in [0.15, 0.2) is 5.88 Å². The summed E-state index contributed by atoms with van der Waals surface area (Å²) in [6.45, 7) is 24.6. The molecule has 1 fully saturated rings. The predicted octanol–water partition coefficient (Wildman–Crippen LogP) is 7.51. The lowest BCUT2D eigenvalue weighted by Gasteiger charge is -2.41. The quantitative estimate of drug-likeness (QED) is 0.177. The molecule has 0 amide bonds. The number of aromatic nitrogens is 1. The van der Waals surface area contributed by atoms with Crippen molar-refractivity contribution in [3.63, 3.8) is 0 Å². The number of hydrogen-bond acceptors (Lipinski definition) is 6. The molecule has 7 nitrogen and oxygen atoms in total. The summed E-state index contributed by atoms with van der Waals surface area (Å²) in [5.41, 5.74) is 8.74. The molecule has 5 rings (SSSR count). The lowest BCUT2D eigenvalue weighted by atomic mass is 9.90. The molecule has 1 unspecified atom stereocenters. The van der Waals surface area contributed by atoms with Crippen molar-refractivity contribution in [2.45, 2.75) is 78.5 Å². The molecular formula is C37H52N6O. The second-order valence-corrected chi connectivity index (χ2v) is 12.9. The van der Waals surface area contributed by atoms with Gasteiger partial charge in [-0.3, -0.25) is 15.3 Å². The number of likely N-dealkylation sites (N-methyl/N-ethyl adjacent to an activating group) is 1. The van der Waals surface area contributed by atoms with Gasteiger partial charge in [-0.05, 0) is 85.9 Å². The van der Waals surface area contributed by atoms with Crippen LogP contribution in [0.15, 0.2) is 67.0 Å². The maximum absolute atomic E-state index is 8.06. The standard InChI is InChI=1S/C34H44N6O.C3H8/c1-8-10-23(2)37-32-29-21-26-11-9-14-36-31(26)33(40-17-15-39(16-18-40)24(3)41-34(4,5)6)27-13-12-25(19-28(27)29)20-30(32)38(7)22-35;1-3-2/h9,11-14,19-22,32-33,35,37H,2-3,8,10,15-18H2,1,4-7H3;3H2,1-2H3/t32?,33-;/m0./s1. The molecule has 1 aromatic heterocycles. The van der Waals surface area contributed by atoms with E-state index in [1.807, 2.05) is 24.2 Å². The van der Waals surface area contributed by atoms with Crippen LogP contribution < -0.4 is 5.32 Å². The number of piperazine rings is 1. The first-order valence-electron chi connectivity index (χ1n) is 16.1. The van der Waals surface area contributed by atoms with E-state index in [1.54, 1.807) is 0 Å². The molecule has 7 heteroatoms. The molecule has 2 aliphatic carbocycles. The predicted molar refractivity (Wildman–Crippen MR) is 185 cm³/mol. The number of nitrogens with zero attached hydrogens (tertiary/aromatic N) is 4. The Hall–Kier alpha value is -3.84. The Bertz CT molecular complexity index is 1410. The van der Waals surface area contributed by atoms with Crippen molar-refractivity contribution in [3.8, 4) is 0 Å². The van der Waals surface area contributed by atoms with Gasteiger partial charge in [0.05, 0.1) is 24.1 Å². The fraction of sp³-hybridized carbons (Fsp3) is 0.459. The highest BCUT2D eigenvalue weighted by atomic mass is 16.5. The number of allylic oxidation sites excluding steroid dienone is 1. The number of pyridine rings is 1. The summed E-state index contributed by atoms with van der Waals surface area (Å²) >= 11 is 0. The van der Waals surface area contributed by atoms with Crippen LogP contribution in [0.2, 0.25) is 0 Å². The summed E-state index contributed by atoms with van der Waals surface area (Å²) in [4.78, 5) is 11.7.